The summed E-state index contributed by atoms with van der Waals surface area (Å²) < 4.78 is 33.5. The topological polar surface area (TPSA) is 232 Å². The number of fused-ring (bicyclic) bond motifs is 1. The summed E-state index contributed by atoms with van der Waals surface area (Å²) in [6, 6.07) is 19.6. The second-order valence-electron chi connectivity index (χ2n) is 12.2. The molecule has 0 unspecified atom stereocenters. The van der Waals surface area contributed by atoms with Gasteiger partial charge in [0.2, 0.25) is 6.29 Å². The van der Waals surface area contributed by atoms with Crippen molar-refractivity contribution in [1.82, 2.24) is 0 Å². The molecule has 5 atom stereocenters. The van der Waals surface area contributed by atoms with Gasteiger partial charge in [-0.25, -0.2) is 9.59 Å². The number of ether oxygens (including phenoxy) is 5. The van der Waals surface area contributed by atoms with E-state index in [0.717, 1.165) is 24.3 Å². The predicted molar refractivity (Wildman–Crippen MR) is 194 cm³/mol. The number of aliphatic hydroxyl groups excluding tert-OH is 2. The number of methoxy groups -OCH3 is 1. The Morgan fingerprint density at radius 1 is 0.764 bits per heavy atom. The van der Waals surface area contributed by atoms with Crippen molar-refractivity contribution in [3.63, 3.8) is 0 Å². The molecule has 1 saturated heterocycles. The number of aliphatic hydroxyl groups is 2. The van der Waals surface area contributed by atoms with Gasteiger partial charge in [0, 0.05) is 35.9 Å². The summed E-state index contributed by atoms with van der Waals surface area (Å²) in [7, 11) is 1.35. The Kier molecular flexibility index (Phi) is 11.4. The van der Waals surface area contributed by atoms with E-state index in [1.165, 1.54) is 79.9 Å². The zero-order valence-corrected chi connectivity index (χ0v) is 28.8. The molecule has 2 heterocycles. The van der Waals surface area contributed by atoms with E-state index in [4.69, 9.17) is 28.1 Å². The summed E-state index contributed by atoms with van der Waals surface area (Å²) in [5.74, 6) is -2.46. The number of rotatable bonds is 11. The molecule has 5 aromatic rings. The first-order valence-electron chi connectivity index (χ1n) is 16.6. The van der Waals surface area contributed by atoms with Crippen LogP contribution in [0.5, 0.6) is 34.5 Å². The van der Waals surface area contributed by atoms with E-state index in [1.807, 2.05) is 0 Å². The van der Waals surface area contributed by atoms with E-state index < -0.39 is 60.4 Å². The molecule has 15 nitrogen and oxygen atoms in total. The molecular formula is C40H34O15. The van der Waals surface area contributed by atoms with Crippen LogP contribution < -0.4 is 14.9 Å². The first-order chi connectivity index (χ1) is 26.4. The zero-order chi connectivity index (χ0) is 39.2. The highest BCUT2D eigenvalue weighted by molar-refractivity contribution is 5.88. The van der Waals surface area contributed by atoms with E-state index in [1.54, 1.807) is 12.1 Å². The smallest absolute Gasteiger partial charge is 0.331 e. The number of hydrogen-bond donors (Lipinski definition) is 6. The van der Waals surface area contributed by atoms with Crippen molar-refractivity contribution in [1.29, 1.82) is 0 Å². The maximum atomic E-state index is 13.1. The Bertz CT molecular complexity index is 2290. The predicted octanol–water partition coefficient (Wildman–Crippen LogP) is 4.00. The minimum atomic E-state index is -1.86. The molecule has 0 amide bonds. The lowest BCUT2D eigenvalue weighted by molar-refractivity contribution is -0.281. The average Bonchev–Trinajstić information content (AvgIpc) is 3.16. The third-order valence-electron chi connectivity index (χ3n) is 8.39. The van der Waals surface area contributed by atoms with Crippen LogP contribution in [0.4, 0.5) is 0 Å². The molecule has 15 heteroatoms. The lowest BCUT2D eigenvalue weighted by atomic mass is 9.99. The van der Waals surface area contributed by atoms with Gasteiger partial charge in [0.05, 0.1) is 7.11 Å². The third-order valence-corrected chi connectivity index (χ3v) is 8.39. The van der Waals surface area contributed by atoms with Crippen molar-refractivity contribution in [2.24, 2.45) is 0 Å². The van der Waals surface area contributed by atoms with Gasteiger partial charge in [-0.1, -0.05) is 24.3 Å². The van der Waals surface area contributed by atoms with Crippen molar-refractivity contribution < 1.29 is 68.3 Å². The standard InChI is InChI=1S/C40H34O15/c1-50-31-16-23(8-13-27(31)43)30-19-29(45)36-28(44)17-26(18-32(36)53-30)52-40-38(49)39(55-35(47)15-7-22-4-11-25(42)12-5-22)37(48)33(54-40)20-51-34(46)14-6-21-2-9-24(41)10-3-21/h2-19,33,37-44,48-49H,20H2,1H3/b14-6+,15-7+/t33-,37-,38-,39+,40-/m1/s1. The summed E-state index contributed by atoms with van der Waals surface area (Å²) in [6.07, 6.45) is -3.51. The Balaban J connectivity index is 1.25. The second kappa shape index (κ2) is 16.5. The minimum absolute atomic E-state index is 0.0159. The highest BCUT2D eigenvalue weighted by Gasteiger charge is 2.48. The SMILES string of the molecule is COc1cc(-c2cc(=O)c3c(O)cc(O[C@@H]4O[C@H](COC(=O)/C=C/c5ccc(O)cc5)[C@@H](O)[C@H](OC(=O)/C=C/c5ccc(O)cc5)[C@H]4O)cc3o2)ccc1O. The van der Waals surface area contributed by atoms with Crippen LogP contribution in [0.15, 0.2) is 106 Å². The lowest BCUT2D eigenvalue weighted by Gasteiger charge is -2.41. The van der Waals surface area contributed by atoms with Crippen LogP contribution in [0.2, 0.25) is 0 Å². The maximum absolute atomic E-state index is 13.1. The van der Waals surface area contributed by atoms with Gasteiger partial charge in [0.15, 0.2) is 29.1 Å². The van der Waals surface area contributed by atoms with E-state index in [2.05, 4.69) is 0 Å². The van der Waals surface area contributed by atoms with E-state index in [-0.39, 0.29) is 45.5 Å². The monoisotopic (exact) mass is 754 g/mol. The molecule has 0 bridgehead atoms. The Labute approximate surface area is 311 Å². The van der Waals surface area contributed by atoms with Gasteiger partial charge < -0.3 is 58.7 Å². The number of phenolic OH excluding ortho intramolecular Hbond substituents is 4. The molecule has 0 aliphatic carbocycles. The lowest BCUT2D eigenvalue weighted by Crippen LogP contribution is -2.61. The largest absolute Gasteiger partial charge is 0.508 e. The fourth-order valence-electron chi connectivity index (χ4n) is 5.58. The molecule has 6 rings (SSSR count). The molecule has 284 valence electrons. The highest BCUT2D eigenvalue weighted by atomic mass is 16.7. The van der Waals surface area contributed by atoms with Crippen LogP contribution in [0.1, 0.15) is 11.1 Å². The summed E-state index contributed by atoms with van der Waals surface area (Å²) in [6.45, 7) is -0.596. The highest BCUT2D eigenvalue weighted by Crippen LogP contribution is 2.36. The van der Waals surface area contributed by atoms with Crippen molar-refractivity contribution in [3.8, 4) is 45.8 Å². The fourth-order valence-corrected chi connectivity index (χ4v) is 5.58. The maximum Gasteiger partial charge on any atom is 0.331 e. The number of esters is 2. The Hall–Kier alpha value is -6.81. The summed E-state index contributed by atoms with van der Waals surface area (Å²) in [5.41, 5.74) is 0.724. The van der Waals surface area contributed by atoms with Crippen LogP contribution in [0.25, 0.3) is 34.4 Å². The minimum Gasteiger partial charge on any atom is -0.508 e. The number of phenols is 4. The third kappa shape index (κ3) is 9.05. The molecule has 0 spiro atoms. The average molecular weight is 755 g/mol. The van der Waals surface area contributed by atoms with Crippen molar-refractivity contribution in [3.05, 3.63) is 118 Å². The van der Waals surface area contributed by atoms with Crippen molar-refractivity contribution in [2.45, 2.75) is 30.7 Å². The molecule has 6 N–H and O–H groups in total. The molecule has 4 aromatic carbocycles. The molecule has 0 saturated carbocycles. The van der Waals surface area contributed by atoms with Gasteiger partial charge >= 0.3 is 11.9 Å². The molecular weight excluding hydrogens is 720 g/mol. The number of hydrogen-bond acceptors (Lipinski definition) is 15. The number of carbonyl (C=O) groups is 2. The normalized spacial score (nSPS) is 19.7. The van der Waals surface area contributed by atoms with E-state index >= 15 is 0 Å². The molecule has 1 aliphatic rings. The number of benzene rings is 4. The summed E-state index contributed by atoms with van der Waals surface area (Å²) in [5, 5.41) is 62.1. The van der Waals surface area contributed by atoms with Gasteiger partial charge in [-0.15, -0.1) is 0 Å². The number of aromatic hydroxyl groups is 4. The van der Waals surface area contributed by atoms with Crippen LogP contribution >= 0.6 is 0 Å². The van der Waals surface area contributed by atoms with Gasteiger partial charge in [-0.3, -0.25) is 4.79 Å². The molecule has 1 aliphatic heterocycles. The zero-order valence-electron chi connectivity index (χ0n) is 28.8. The summed E-state index contributed by atoms with van der Waals surface area (Å²) >= 11 is 0. The molecule has 55 heavy (non-hydrogen) atoms. The van der Waals surface area contributed by atoms with Crippen molar-refractivity contribution >= 4 is 35.1 Å². The van der Waals surface area contributed by atoms with Crippen LogP contribution in [0, 0.1) is 0 Å². The Morgan fingerprint density at radius 3 is 2.04 bits per heavy atom. The van der Waals surface area contributed by atoms with Crippen LogP contribution in [0.3, 0.4) is 0 Å². The van der Waals surface area contributed by atoms with Crippen LogP contribution in [-0.4, -0.2) is 87.0 Å². The van der Waals surface area contributed by atoms with Gasteiger partial charge in [-0.2, -0.15) is 0 Å². The first-order valence-corrected chi connectivity index (χ1v) is 16.6. The second-order valence-corrected chi connectivity index (χ2v) is 12.2. The summed E-state index contributed by atoms with van der Waals surface area (Å²) in [4.78, 5) is 38.5. The first kappa shape index (κ1) is 37.9. The molecule has 1 aromatic heterocycles. The van der Waals surface area contributed by atoms with Gasteiger partial charge in [0.25, 0.3) is 0 Å². The van der Waals surface area contributed by atoms with E-state index in [0.29, 0.717) is 16.7 Å². The Morgan fingerprint density at radius 2 is 1.40 bits per heavy atom. The number of carbonyl (C=O) groups excluding carboxylic acids is 2. The quantitative estimate of drug-likeness (QED) is 0.0827. The van der Waals surface area contributed by atoms with E-state index in [9.17, 15) is 45.0 Å². The molecule has 1 fully saturated rings. The van der Waals surface area contributed by atoms with Gasteiger partial charge in [0.1, 0.15) is 58.5 Å². The fraction of sp³-hybridized carbons (Fsp3) is 0.175. The van der Waals surface area contributed by atoms with Gasteiger partial charge in [-0.05, 0) is 65.7 Å². The van der Waals surface area contributed by atoms with Crippen LogP contribution in [-0.2, 0) is 23.8 Å². The molecule has 0 radical (unpaired) electrons. The van der Waals surface area contributed by atoms with Crippen molar-refractivity contribution in [2.75, 3.05) is 13.7 Å².